The van der Waals surface area contributed by atoms with Crippen molar-refractivity contribution in [3.05, 3.63) is 58.6 Å². The molecule has 2 aromatic carbocycles. The molecule has 1 heterocycles. The molecule has 2 aromatic rings. The Balaban J connectivity index is 1.50. The number of nitrogens with zero attached hydrogens (tertiary/aromatic N) is 1. The van der Waals surface area contributed by atoms with Gasteiger partial charge in [-0.05, 0) is 61.0 Å². The fourth-order valence-corrected chi connectivity index (χ4v) is 4.92. The highest BCUT2D eigenvalue weighted by Crippen LogP contribution is 2.20. The van der Waals surface area contributed by atoms with Crippen molar-refractivity contribution in [2.75, 3.05) is 26.7 Å². The third-order valence-electron chi connectivity index (χ3n) is 5.46. The summed E-state index contributed by atoms with van der Waals surface area (Å²) in [5, 5.41) is 3.19. The Morgan fingerprint density at radius 3 is 2.58 bits per heavy atom. The number of thiocarbonyl (C=S) groups is 1. The van der Waals surface area contributed by atoms with E-state index in [1.165, 1.54) is 18.2 Å². The molecule has 0 aliphatic carbocycles. The number of carbonyl (C=O) groups is 2. The summed E-state index contributed by atoms with van der Waals surface area (Å²) in [5.41, 5.74) is 5.90. The zero-order valence-corrected chi connectivity index (χ0v) is 22.1. The first-order chi connectivity index (χ1) is 17.2. The van der Waals surface area contributed by atoms with Gasteiger partial charge < -0.3 is 15.0 Å². The summed E-state index contributed by atoms with van der Waals surface area (Å²) in [5.74, 6) is 0.176. The summed E-state index contributed by atoms with van der Waals surface area (Å²) in [6.45, 7) is 1.77. The average molecular weight is 554 g/mol. The van der Waals surface area contributed by atoms with E-state index >= 15 is 0 Å². The second-order valence-corrected chi connectivity index (χ2v) is 10.6. The molecule has 0 aromatic heterocycles. The van der Waals surface area contributed by atoms with E-state index in [1.807, 2.05) is 24.3 Å². The van der Waals surface area contributed by atoms with Gasteiger partial charge in [-0.2, -0.15) is 0 Å². The molecule has 10 nitrogen and oxygen atoms in total. The van der Waals surface area contributed by atoms with Crippen molar-refractivity contribution in [3.63, 3.8) is 0 Å². The van der Waals surface area contributed by atoms with Crippen LogP contribution in [0.2, 0.25) is 5.02 Å². The molecule has 194 valence electrons. The smallest absolute Gasteiger partial charge is 0.271 e. The molecule has 13 heteroatoms. The monoisotopic (exact) mass is 553 g/mol. The van der Waals surface area contributed by atoms with Crippen LogP contribution >= 0.6 is 23.8 Å². The van der Waals surface area contributed by atoms with E-state index in [1.54, 1.807) is 12.0 Å². The summed E-state index contributed by atoms with van der Waals surface area (Å²) < 4.78 is 33.0. The van der Waals surface area contributed by atoms with Crippen LogP contribution in [0.5, 0.6) is 5.75 Å². The third kappa shape index (κ3) is 7.79. The SMILES string of the molecule is COc1ccc(CNC(=S)NNC(=O)c2cc(S(=O)(=O)NCCCN3CCCC3=O)ccc2Cl)cc1. The normalized spacial score (nSPS) is 13.4. The number of methoxy groups -OCH3 is 1. The molecule has 2 amide bonds. The van der Waals surface area contributed by atoms with Gasteiger partial charge in [0.2, 0.25) is 15.9 Å². The van der Waals surface area contributed by atoms with Crippen LogP contribution in [0.3, 0.4) is 0 Å². The molecule has 1 saturated heterocycles. The predicted molar refractivity (Wildman–Crippen MR) is 140 cm³/mol. The van der Waals surface area contributed by atoms with Crippen LogP contribution in [-0.4, -0.2) is 57.0 Å². The summed E-state index contributed by atoms with van der Waals surface area (Å²) in [6.07, 6.45) is 1.86. The molecule has 0 bridgehead atoms. The number of sulfonamides is 1. The van der Waals surface area contributed by atoms with E-state index in [9.17, 15) is 18.0 Å². The lowest BCUT2D eigenvalue weighted by molar-refractivity contribution is -0.127. The van der Waals surface area contributed by atoms with E-state index in [0.717, 1.165) is 17.7 Å². The second kappa shape index (κ2) is 12.9. The molecule has 0 atom stereocenters. The van der Waals surface area contributed by atoms with Crippen molar-refractivity contribution in [3.8, 4) is 5.75 Å². The van der Waals surface area contributed by atoms with Crippen LogP contribution in [0.15, 0.2) is 47.4 Å². The van der Waals surface area contributed by atoms with Gasteiger partial charge in [-0.25, -0.2) is 13.1 Å². The van der Waals surface area contributed by atoms with Crippen molar-refractivity contribution in [1.29, 1.82) is 0 Å². The van der Waals surface area contributed by atoms with E-state index < -0.39 is 15.9 Å². The number of rotatable bonds is 10. The number of halogens is 1. The minimum Gasteiger partial charge on any atom is -0.497 e. The van der Waals surface area contributed by atoms with Crippen LogP contribution in [0.25, 0.3) is 0 Å². The maximum Gasteiger partial charge on any atom is 0.271 e. The van der Waals surface area contributed by atoms with E-state index in [2.05, 4.69) is 20.9 Å². The Morgan fingerprint density at radius 2 is 1.92 bits per heavy atom. The highest BCUT2D eigenvalue weighted by molar-refractivity contribution is 7.89. The van der Waals surface area contributed by atoms with Crippen LogP contribution in [-0.2, 0) is 21.4 Å². The zero-order valence-electron chi connectivity index (χ0n) is 19.7. The minimum atomic E-state index is -3.88. The fraction of sp³-hybridized carbons (Fsp3) is 0.348. The molecule has 0 unspecified atom stereocenters. The largest absolute Gasteiger partial charge is 0.497 e. The maximum atomic E-state index is 12.7. The molecule has 1 aliphatic rings. The Morgan fingerprint density at radius 1 is 1.17 bits per heavy atom. The summed E-state index contributed by atoms with van der Waals surface area (Å²) in [7, 11) is -2.29. The number of benzene rings is 2. The zero-order chi connectivity index (χ0) is 26.1. The third-order valence-corrected chi connectivity index (χ3v) is 7.50. The van der Waals surface area contributed by atoms with Crippen molar-refractivity contribution in [2.24, 2.45) is 0 Å². The standard InChI is InChI=1S/C23H28ClN5O5S2/c1-34-17-7-5-16(6-8-17)15-25-23(35)28-27-22(31)19-14-18(9-10-20(19)24)36(32,33)26-11-3-13-29-12-2-4-21(29)30/h5-10,14,26H,2-4,11-13,15H2,1H3,(H,27,31)(H2,25,28,35). The molecule has 4 N–H and O–H groups in total. The first-order valence-corrected chi connectivity index (χ1v) is 13.5. The number of hydrazine groups is 1. The van der Waals surface area contributed by atoms with Gasteiger partial charge in [0.25, 0.3) is 5.91 Å². The Bertz CT molecular complexity index is 1210. The van der Waals surface area contributed by atoms with Gasteiger partial charge in [-0.1, -0.05) is 23.7 Å². The van der Waals surface area contributed by atoms with Gasteiger partial charge in [0.15, 0.2) is 5.11 Å². The number of hydrogen-bond acceptors (Lipinski definition) is 6. The summed E-state index contributed by atoms with van der Waals surface area (Å²) in [4.78, 5) is 25.9. The highest BCUT2D eigenvalue weighted by atomic mass is 35.5. The predicted octanol–water partition coefficient (Wildman–Crippen LogP) is 1.95. The quantitative estimate of drug-likeness (QED) is 0.200. The number of ether oxygens (including phenoxy) is 1. The molecule has 1 fully saturated rings. The molecule has 3 rings (SSSR count). The first-order valence-electron chi connectivity index (χ1n) is 11.2. The second-order valence-electron chi connectivity index (χ2n) is 7.99. The summed E-state index contributed by atoms with van der Waals surface area (Å²) in [6, 6.07) is 11.2. The number of hydrogen-bond donors (Lipinski definition) is 4. The Labute approximate surface area is 220 Å². The van der Waals surface area contributed by atoms with Crippen LogP contribution in [0.4, 0.5) is 0 Å². The van der Waals surface area contributed by atoms with Gasteiger partial charge in [-0.15, -0.1) is 0 Å². The van der Waals surface area contributed by atoms with E-state index in [0.29, 0.717) is 32.5 Å². The number of nitrogens with one attached hydrogen (secondary N) is 4. The number of likely N-dealkylation sites (tertiary alicyclic amines) is 1. The topological polar surface area (TPSA) is 129 Å². The van der Waals surface area contributed by atoms with Crippen LogP contribution in [0.1, 0.15) is 35.2 Å². The lowest BCUT2D eigenvalue weighted by Crippen LogP contribution is -2.46. The molecular weight excluding hydrogens is 526 g/mol. The first kappa shape index (κ1) is 27.7. The molecule has 0 spiro atoms. The lowest BCUT2D eigenvalue weighted by atomic mass is 10.2. The van der Waals surface area contributed by atoms with Crippen molar-refractivity contribution in [1.82, 2.24) is 25.8 Å². The Hall–Kier alpha value is -2.93. The molecular formula is C23H28ClN5O5S2. The minimum absolute atomic E-state index is 0.0346. The fourth-order valence-electron chi connectivity index (χ4n) is 3.50. The summed E-state index contributed by atoms with van der Waals surface area (Å²) >= 11 is 11.3. The van der Waals surface area contributed by atoms with E-state index in [-0.39, 0.29) is 33.0 Å². The van der Waals surface area contributed by atoms with Crippen molar-refractivity contribution in [2.45, 2.75) is 30.7 Å². The van der Waals surface area contributed by atoms with Gasteiger partial charge in [0.05, 0.1) is 22.6 Å². The Kier molecular flexibility index (Phi) is 9.88. The molecule has 1 aliphatic heterocycles. The van der Waals surface area contributed by atoms with Gasteiger partial charge >= 0.3 is 0 Å². The van der Waals surface area contributed by atoms with Crippen molar-refractivity contribution >= 4 is 50.8 Å². The van der Waals surface area contributed by atoms with Crippen LogP contribution < -0.4 is 25.6 Å². The number of amides is 2. The maximum absolute atomic E-state index is 12.7. The van der Waals surface area contributed by atoms with Gasteiger partial charge in [-0.3, -0.25) is 20.4 Å². The average Bonchev–Trinajstić information content (AvgIpc) is 3.28. The molecule has 0 saturated carbocycles. The van der Waals surface area contributed by atoms with Crippen LogP contribution in [0, 0.1) is 0 Å². The molecule has 0 radical (unpaired) electrons. The highest BCUT2D eigenvalue weighted by Gasteiger charge is 2.21. The lowest BCUT2D eigenvalue weighted by Gasteiger charge is -2.15. The van der Waals surface area contributed by atoms with E-state index in [4.69, 9.17) is 28.6 Å². The van der Waals surface area contributed by atoms with Gasteiger partial charge in [0, 0.05) is 32.6 Å². The van der Waals surface area contributed by atoms with Crippen molar-refractivity contribution < 1.29 is 22.7 Å². The molecule has 36 heavy (non-hydrogen) atoms. The number of carbonyl (C=O) groups excluding carboxylic acids is 2. The van der Waals surface area contributed by atoms with Gasteiger partial charge in [0.1, 0.15) is 5.75 Å².